The Hall–Kier alpha value is -3.73. The van der Waals surface area contributed by atoms with Gasteiger partial charge >= 0.3 is 0 Å². The Bertz CT molecular complexity index is 1850. The number of benzene rings is 4. The van der Waals surface area contributed by atoms with Crippen molar-refractivity contribution in [2.75, 3.05) is 18.0 Å². The Kier molecular flexibility index (Phi) is 6.74. The van der Waals surface area contributed by atoms with E-state index in [0.29, 0.717) is 5.02 Å². The van der Waals surface area contributed by atoms with Crippen molar-refractivity contribution in [3.63, 3.8) is 0 Å². The van der Waals surface area contributed by atoms with Crippen molar-refractivity contribution < 1.29 is 0 Å². The summed E-state index contributed by atoms with van der Waals surface area (Å²) < 4.78 is 1.03. The first-order valence-corrected chi connectivity index (χ1v) is 14.9. The predicted molar refractivity (Wildman–Crippen MR) is 172 cm³/mol. The van der Waals surface area contributed by atoms with E-state index in [9.17, 15) is 0 Å². The molecule has 1 aliphatic heterocycles. The molecule has 0 saturated carbocycles. The summed E-state index contributed by atoms with van der Waals surface area (Å²) in [5.41, 5.74) is 8.44. The normalized spacial score (nSPS) is 13.7. The predicted octanol–water partition coefficient (Wildman–Crippen LogP) is 10.2. The Morgan fingerprint density at radius 3 is 2.05 bits per heavy atom. The Balaban J connectivity index is 1.62. The van der Waals surface area contributed by atoms with Gasteiger partial charge in [0.1, 0.15) is 5.82 Å². The van der Waals surface area contributed by atoms with E-state index in [1.54, 1.807) is 0 Å². The lowest BCUT2D eigenvalue weighted by atomic mass is 9.91. The van der Waals surface area contributed by atoms with Gasteiger partial charge in [-0.05, 0) is 78.4 Å². The van der Waals surface area contributed by atoms with E-state index in [1.165, 1.54) is 6.42 Å². The number of aromatic nitrogens is 2. The maximum atomic E-state index is 6.60. The monoisotopic (exact) mass is 603 g/mol. The quantitative estimate of drug-likeness (QED) is 0.200. The average Bonchev–Trinajstić information content (AvgIpc) is 3.01. The third-order valence-electron chi connectivity index (χ3n) is 7.76. The molecular weight excluding hydrogens is 578 g/mol. The van der Waals surface area contributed by atoms with Crippen molar-refractivity contribution >= 4 is 55.2 Å². The molecule has 0 radical (unpaired) electrons. The zero-order valence-electron chi connectivity index (χ0n) is 21.9. The lowest BCUT2D eigenvalue weighted by molar-refractivity contribution is 0.574. The zero-order chi connectivity index (χ0) is 27.1. The van der Waals surface area contributed by atoms with Gasteiger partial charge in [-0.3, -0.25) is 0 Å². The minimum absolute atomic E-state index is 0.699. The first kappa shape index (κ1) is 25.3. The van der Waals surface area contributed by atoms with Crippen LogP contribution in [0.4, 0.5) is 5.82 Å². The summed E-state index contributed by atoms with van der Waals surface area (Å²) >= 11 is 10.3. The molecule has 0 N–H and O–H groups in total. The van der Waals surface area contributed by atoms with Crippen LogP contribution in [0.2, 0.25) is 5.02 Å². The molecule has 7 rings (SSSR count). The van der Waals surface area contributed by atoms with E-state index >= 15 is 0 Å². The maximum Gasteiger partial charge on any atom is 0.139 e. The maximum absolute atomic E-state index is 6.60. The van der Waals surface area contributed by atoms with Gasteiger partial charge in [0.2, 0.25) is 0 Å². The standard InChI is InChI=1S/C35H27BrClN3/c36-25-14-16-30-28(20-25)27(23-10-4-1-5-11-23)22-32(38-30)34-33(24-12-6-2-7-13-24)29-21-26(37)15-17-31(29)39-35(34)40-18-8-3-9-19-40/h1-2,4-7,10-17,20-22H,3,8-9,18-19H2. The van der Waals surface area contributed by atoms with Gasteiger partial charge in [-0.25, -0.2) is 9.97 Å². The number of fused-ring (bicyclic) bond motifs is 2. The van der Waals surface area contributed by atoms with Crippen LogP contribution in [0.15, 0.2) is 108 Å². The molecule has 0 bridgehead atoms. The molecule has 0 amide bonds. The molecule has 4 aromatic carbocycles. The molecule has 40 heavy (non-hydrogen) atoms. The van der Waals surface area contributed by atoms with Gasteiger partial charge in [0.25, 0.3) is 0 Å². The highest BCUT2D eigenvalue weighted by Gasteiger charge is 2.25. The second-order valence-electron chi connectivity index (χ2n) is 10.3. The third kappa shape index (κ3) is 4.66. The number of piperidine rings is 1. The van der Waals surface area contributed by atoms with Crippen LogP contribution in [0.25, 0.3) is 55.3 Å². The van der Waals surface area contributed by atoms with E-state index in [1.807, 2.05) is 18.2 Å². The van der Waals surface area contributed by atoms with E-state index < -0.39 is 0 Å². The van der Waals surface area contributed by atoms with Crippen molar-refractivity contribution in [1.29, 1.82) is 0 Å². The van der Waals surface area contributed by atoms with Crippen molar-refractivity contribution in [2.24, 2.45) is 0 Å². The second kappa shape index (κ2) is 10.7. The third-order valence-corrected chi connectivity index (χ3v) is 8.49. The van der Waals surface area contributed by atoms with Crippen molar-refractivity contribution in [3.8, 4) is 33.5 Å². The number of halogens is 2. The minimum atomic E-state index is 0.699. The average molecular weight is 605 g/mol. The number of pyridine rings is 2. The van der Waals surface area contributed by atoms with Crippen molar-refractivity contribution in [2.45, 2.75) is 19.3 Å². The molecule has 1 saturated heterocycles. The molecule has 0 spiro atoms. The highest BCUT2D eigenvalue weighted by atomic mass is 79.9. The van der Waals surface area contributed by atoms with Gasteiger partial charge in [0, 0.05) is 38.9 Å². The number of rotatable bonds is 4. The van der Waals surface area contributed by atoms with Crippen LogP contribution >= 0.6 is 27.5 Å². The SMILES string of the molecule is Clc1ccc2nc(N3CCCCC3)c(-c3cc(-c4ccccc4)c4cc(Br)ccc4n3)c(-c3ccccc3)c2c1. The lowest BCUT2D eigenvalue weighted by Gasteiger charge is -2.31. The van der Waals surface area contributed by atoms with Crippen LogP contribution in [-0.2, 0) is 0 Å². The smallest absolute Gasteiger partial charge is 0.139 e. The molecule has 196 valence electrons. The molecule has 0 unspecified atom stereocenters. The van der Waals surface area contributed by atoms with E-state index in [2.05, 4.69) is 106 Å². The van der Waals surface area contributed by atoms with Gasteiger partial charge in [-0.2, -0.15) is 0 Å². The molecule has 0 aliphatic carbocycles. The molecular formula is C35H27BrClN3. The van der Waals surface area contributed by atoms with E-state index in [0.717, 1.165) is 91.5 Å². The minimum Gasteiger partial charge on any atom is -0.356 e. The largest absolute Gasteiger partial charge is 0.356 e. The molecule has 3 heterocycles. The van der Waals surface area contributed by atoms with Gasteiger partial charge < -0.3 is 4.90 Å². The fraction of sp³-hybridized carbons (Fsp3) is 0.143. The van der Waals surface area contributed by atoms with Gasteiger partial charge in [0.05, 0.1) is 22.3 Å². The highest BCUT2D eigenvalue weighted by molar-refractivity contribution is 9.10. The summed E-state index contributed by atoms with van der Waals surface area (Å²) in [6.07, 6.45) is 3.57. The first-order chi connectivity index (χ1) is 19.7. The fourth-order valence-electron chi connectivity index (χ4n) is 5.89. The highest BCUT2D eigenvalue weighted by Crippen LogP contribution is 2.45. The summed E-state index contributed by atoms with van der Waals surface area (Å²) in [7, 11) is 0. The summed E-state index contributed by atoms with van der Waals surface area (Å²) in [5, 5.41) is 2.85. The molecule has 6 aromatic rings. The van der Waals surface area contributed by atoms with Gasteiger partial charge in [-0.1, -0.05) is 88.2 Å². The van der Waals surface area contributed by atoms with Crippen LogP contribution in [0.3, 0.4) is 0 Å². The fourth-order valence-corrected chi connectivity index (χ4v) is 6.42. The second-order valence-corrected chi connectivity index (χ2v) is 11.7. The van der Waals surface area contributed by atoms with Crippen LogP contribution in [-0.4, -0.2) is 23.1 Å². The molecule has 1 aliphatic rings. The van der Waals surface area contributed by atoms with E-state index in [4.69, 9.17) is 21.6 Å². The number of hydrogen-bond acceptors (Lipinski definition) is 3. The van der Waals surface area contributed by atoms with Crippen LogP contribution in [0.1, 0.15) is 19.3 Å². The number of hydrogen-bond donors (Lipinski definition) is 0. The summed E-state index contributed by atoms with van der Waals surface area (Å²) in [5.74, 6) is 0.997. The Labute approximate surface area is 247 Å². The van der Waals surface area contributed by atoms with E-state index in [-0.39, 0.29) is 0 Å². The Morgan fingerprint density at radius 1 is 0.625 bits per heavy atom. The van der Waals surface area contributed by atoms with Crippen molar-refractivity contribution in [3.05, 3.63) is 113 Å². The van der Waals surface area contributed by atoms with Gasteiger partial charge in [-0.15, -0.1) is 0 Å². The summed E-state index contributed by atoms with van der Waals surface area (Å²) in [6.45, 7) is 1.97. The van der Waals surface area contributed by atoms with Crippen molar-refractivity contribution in [1.82, 2.24) is 9.97 Å². The van der Waals surface area contributed by atoms with Crippen LogP contribution in [0, 0.1) is 0 Å². The van der Waals surface area contributed by atoms with Crippen LogP contribution in [0.5, 0.6) is 0 Å². The summed E-state index contributed by atoms with van der Waals surface area (Å²) in [6, 6.07) is 35.8. The molecule has 1 fully saturated rings. The molecule has 3 nitrogen and oxygen atoms in total. The van der Waals surface area contributed by atoms with Gasteiger partial charge in [0.15, 0.2) is 0 Å². The zero-order valence-corrected chi connectivity index (χ0v) is 24.3. The number of anilines is 1. The van der Waals surface area contributed by atoms with Crippen LogP contribution < -0.4 is 4.90 Å². The lowest BCUT2D eigenvalue weighted by Crippen LogP contribution is -2.31. The molecule has 5 heteroatoms. The Morgan fingerprint density at radius 2 is 1.30 bits per heavy atom. The summed E-state index contributed by atoms with van der Waals surface area (Å²) in [4.78, 5) is 13.1. The molecule has 2 aromatic heterocycles. The molecule has 0 atom stereocenters. The first-order valence-electron chi connectivity index (χ1n) is 13.8. The topological polar surface area (TPSA) is 29.0 Å². The number of nitrogens with zero attached hydrogens (tertiary/aromatic N) is 3.